The van der Waals surface area contributed by atoms with Crippen LogP contribution in [0.5, 0.6) is 0 Å². The first-order valence-electron chi connectivity index (χ1n) is 5.95. The Labute approximate surface area is 134 Å². The second-order valence-corrected chi connectivity index (χ2v) is 10.3. The van der Waals surface area contributed by atoms with Crippen molar-refractivity contribution in [1.82, 2.24) is 4.31 Å². The van der Waals surface area contributed by atoms with Gasteiger partial charge in [0, 0.05) is 7.05 Å². The van der Waals surface area contributed by atoms with Crippen LogP contribution in [0.2, 0.25) is 0 Å². The highest BCUT2D eigenvalue weighted by Gasteiger charge is 2.35. The molecule has 2 unspecified atom stereocenters. The maximum Gasteiger partial charge on any atom is 0.245 e. The van der Waals surface area contributed by atoms with Gasteiger partial charge < -0.3 is 5.11 Å². The van der Waals surface area contributed by atoms with Crippen molar-refractivity contribution in [2.75, 3.05) is 7.05 Å². The van der Waals surface area contributed by atoms with Gasteiger partial charge in [-0.3, -0.25) is 0 Å². The van der Waals surface area contributed by atoms with Crippen LogP contribution in [0.1, 0.15) is 25.7 Å². The van der Waals surface area contributed by atoms with E-state index < -0.39 is 16.1 Å². The van der Waals surface area contributed by atoms with Crippen LogP contribution < -0.4 is 0 Å². The molecule has 1 aliphatic rings. The second-order valence-electron chi connectivity index (χ2n) is 4.63. The lowest BCUT2D eigenvalue weighted by Gasteiger charge is -2.34. The first kappa shape index (κ1) is 15.9. The number of sulfonamides is 1. The third kappa shape index (κ3) is 3.24. The first-order chi connectivity index (χ1) is 8.84. The summed E-state index contributed by atoms with van der Waals surface area (Å²) in [6.07, 6.45) is 2.71. The van der Waals surface area contributed by atoms with E-state index in [0.717, 1.165) is 16.6 Å². The van der Waals surface area contributed by atoms with Crippen LogP contribution in [-0.4, -0.2) is 37.0 Å². The molecule has 1 aromatic rings. The lowest BCUT2D eigenvalue weighted by Crippen LogP contribution is -2.46. The van der Waals surface area contributed by atoms with Gasteiger partial charge >= 0.3 is 0 Å². The summed E-state index contributed by atoms with van der Waals surface area (Å²) in [5, 5.41) is 10.00. The van der Waals surface area contributed by atoms with Crippen molar-refractivity contribution in [3.8, 4) is 0 Å². The fourth-order valence-electron chi connectivity index (χ4n) is 2.35. The minimum atomic E-state index is -3.57. The number of rotatable bonds is 3. The molecule has 8 heteroatoms. The third-order valence-electron chi connectivity index (χ3n) is 3.44. The van der Waals surface area contributed by atoms with Gasteiger partial charge in [-0.25, -0.2) is 8.42 Å². The highest BCUT2D eigenvalue weighted by molar-refractivity contribution is 9.12. The van der Waals surface area contributed by atoms with E-state index in [1.165, 1.54) is 15.6 Å². The van der Waals surface area contributed by atoms with E-state index in [1.54, 1.807) is 13.1 Å². The fourth-order valence-corrected chi connectivity index (χ4v) is 7.52. The predicted octanol–water partition coefficient (Wildman–Crippen LogP) is 3.20. The first-order valence-corrected chi connectivity index (χ1v) is 9.79. The van der Waals surface area contributed by atoms with Crippen LogP contribution in [-0.2, 0) is 10.0 Å². The Morgan fingerprint density at radius 2 is 2.00 bits per heavy atom. The molecule has 0 amide bonds. The van der Waals surface area contributed by atoms with E-state index in [2.05, 4.69) is 31.9 Å². The van der Waals surface area contributed by atoms with Crippen molar-refractivity contribution in [2.45, 2.75) is 42.7 Å². The largest absolute Gasteiger partial charge is 0.391 e. The minimum Gasteiger partial charge on any atom is -0.391 e. The molecule has 0 spiro atoms. The molecule has 1 aromatic heterocycles. The normalized spacial score (nSPS) is 24.9. The lowest BCUT2D eigenvalue weighted by atomic mass is 9.93. The molecule has 1 fully saturated rings. The summed E-state index contributed by atoms with van der Waals surface area (Å²) in [7, 11) is -2.03. The molecule has 0 saturated heterocycles. The van der Waals surface area contributed by atoms with Crippen LogP contribution in [0.4, 0.5) is 0 Å². The number of halogens is 2. The third-order valence-corrected chi connectivity index (χ3v) is 8.08. The molecular formula is C11H15Br2NO3S2. The zero-order chi connectivity index (χ0) is 14.2. The van der Waals surface area contributed by atoms with Crippen molar-refractivity contribution >= 4 is 53.2 Å². The molecule has 0 aliphatic heterocycles. The maximum absolute atomic E-state index is 12.6. The Kier molecular flexibility index (Phi) is 5.12. The van der Waals surface area contributed by atoms with E-state index in [0.29, 0.717) is 16.6 Å². The van der Waals surface area contributed by atoms with Gasteiger partial charge in [0.1, 0.15) is 4.90 Å². The monoisotopic (exact) mass is 431 g/mol. The van der Waals surface area contributed by atoms with Gasteiger partial charge in [-0.1, -0.05) is 12.8 Å². The fraction of sp³-hybridized carbons (Fsp3) is 0.636. The molecule has 0 aromatic carbocycles. The van der Waals surface area contributed by atoms with E-state index in [4.69, 9.17) is 0 Å². The van der Waals surface area contributed by atoms with Gasteiger partial charge in [-0.15, -0.1) is 11.3 Å². The molecule has 19 heavy (non-hydrogen) atoms. The Bertz CT molecular complexity index is 558. The van der Waals surface area contributed by atoms with Crippen LogP contribution in [0.3, 0.4) is 0 Å². The minimum absolute atomic E-state index is 0.254. The molecule has 2 atom stereocenters. The number of aliphatic hydroxyl groups is 1. The van der Waals surface area contributed by atoms with Crippen molar-refractivity contribution in [1.29, 1.82) is 0 Å². The van der Waals surface area contributed by atoms with E-state index in [-0.39, 0.29) is 10.9 Å². The van der Waals surface area contributed by atoms with Gasteiger partial charge in [0.25, 0.3) is 0 Å². The Hall–Kier alpha value is 0.530. The zero-order valence-electron chi connectivity index (χ0n) is 10.3. The van der Waals surface area contributed by atoms with Crippen molar-refractivity contribution in [3.63, 3.8) is 0 Å². The molecule has 4 nitrogen and oxygen atoms in total. The van der Waals surface area contributed by atoms with Gasteiger partial charge in [0.05, 0.1) is 19.7 Å². The smallest absolute Gasteiger partial charge is 0.245 e. The van der Waals surface area contributed by atoms with Crippen molar-refractivity contribution in [2.24, 2.45) is 0 Å². The molecule has 1 saturated carbocycles. The predicted molar refractivity (Wildman–Crippen MR) is 82.9 cm³/mol. The number of likely N-dealkylation sites (N-methyl/N-ethyl adjacent to an activating group) is 1. The number of thiophene rings is 1. The molecule has 1 heterocycles. The number of hydrogen-bond donors (Lipinski definition) is 1. The summed E-state index contributed by atoms with van der Waals surface area (Å²) in [6.45, 7) is 0. The Morgan fingerprint density at radius 1 is 1.37 bits per heavy atom. The summed E-state index contributed by atoms with van der Waals surface area (Å²) < 4.78 is 27.8. The van der Waals surface area contributed by atoms with Crippen LogP contribution in [0.15, 0.2) is 18.5 Å². The zero-order valence-corrected chi connectivity index (χ0v) is 15.1. The molecule has 108 valence electrons. The summed E-state index contributed by atoms with van der Waals surface area (Å²) in [4.78, 5) is 0.254. The van der Waals surface area contributed by atoms with Gasteiger partial charge in [-0.05, 0) is 50.8 Å². The molecule has 0 radical (unpaired) electrons. The van der Waals surface area contributed by atoms with E-state index in [1.807, 2.05) is 0 Å². The van der Waals surface area contributed by atoms with Crippen LogP contribution in [0, 0.1) is 0 Å². The van der Waals surface area contributed by atoms with E-state index in [9.17, 15) is 13.5 Å². The lowest BCUT2D eigenvalue weighted by molar-refractivity contribution is 0.0638. The van der Waals surface area contributed by atoms with Crippen molar-refractivity contribution in [3.05, 3.63) is 13.6 Å². The Balaban J connectivity index is 2.31. The average molecular weight is 433 g/mol. The van der Waals surface area contributed by atoms with Gasteiger partial charge in [0.2, 0.25) is 10.0 Å². The molecule has 1 aliphatic carbocycles. The molecular weight excluding hydrogens is 418 g/mol. The van der Waals surface area contributed by atoms with Crippen LogP contribution in [0.25, 0.3) is 0 Å². The molecule has 1 N–H and O–H groups in total. The molecule has 0 bridgehead atoms. The summed E-state index contributed by atoms with van der Waals surface area (Å²) in [5.74, 6) is 0. The summed E-state index contributed by atoms with van der Waals surface area (Å²) >= 11 is 7.90. The highest BCUT2D eigenvalue weighted by Crippen LogP contribution is 2.37. The Morgan fingerprint density at radius 3 is 2.53 bits per heavy atom. The van der Waals surface area contributed by atoms with Crippen molar-refractivity contribution < 1.29 is 13.5 Å². The second kappa shape index (κ2) is 6.11. The van der Waals surface area contributed by atoms with E-state index >= 15 is 0 Å². The van der Waals surface area contributed by atoms with Crippen LogP contribution >= 0.6 is 43.2 Å². The number of aliphatic hydroxyl groups excluding tert-OH is 1. The number of hydrogen-bond acceptors (Lipinski definition) is 4. The maximum atomic E-state index is 12.6. The topological polar surface area (TPSA) is 57.6 Å². The van der Waals surface area contributed by atoms with Gasteiger partial charge in [-0.2, -0.15) is 4.31 Å². The van der Waals surface area contributed by atoms with Gasteiger partial charge in [0.15, 0.2) is 0 Å². The average Bonchev–Trinajstić information content (AvgIpc) is 2.69. The highest BCUT2D eigenvalue weighted by atomic mass is 79.9. The summed E-state index contributed by atoms with van der Waals surface area (Å²) in [6, 6.07) is 1.26. The molecule has 2 rings (SSSR count). The summed E-state index contributed by atoms with van der Waals surface area (Å²) in [5.41, 5.74) is 0. The SMILES string of the molecule is CN(C1CCCCC1O)S(=O)(=O)c1cc(Br)sc1Br. The quantitative estimate of drug-likeness (QED) is 0.797. The number of nitrogens with zero attached hydrogens (tertiary/aromatic N) is 1. The standard InChI is InChI=1S/C11H15Br2NO3S2/c1-14(7-4-2-3-5-8(7)15)19(16,17)9-6-10(12)18-11(9)13/h6-8,15H,2-5H2,1H3.